The third-order valence-corrected chi connectivity index (χ3v) is 5.86. The van der Waals surface area contributed by atoms with Crippen LogP contribution < -0.4 is 10.1 Å². The van der Waals surface area contributed by atoms with Gasteiger partial charge in [-0.05, 0) is 71.4 Å². The van der Waals surface area contributed by atoms with E-state index in [2.05, 4.69) is 46.4 Å². The first kappa shape index (κ1) is 15.1. The van der Waals surface area contributed by atoms with Gasteiger partial charge in [0.15, 0.2) is 0 Å². The van der Waals surface area contributed by atoms with Crippen molar-refractivity contribution in [3.63, 3.8) is 0 Å². The van der Waals surface area contributed by atoms with Gasteiger partial charge in [-0.3, -0.25) is 0 Å². The molecule has 3 rings (SSSR count). The Morgan fingerprint density at radius 2 is 2.10 bits per heavy atom. The van der Waals surface area contributed by atoms with Crippen LogP contribution in [0.5, 0.6) is 5.75 Å². The lowest BCUT2D eigenvalue weighted by Crippen LogP contribution is -2.27. The molecule has 1 unspecified atom stereocenters. The van der Waals surface area contributed by atoms with Crippen LogP contribution in [-0.2, 0) is 6.42 Å². The molecule has 4 heteroatoms. The Morgan fingerprint density at radius 3 is 2.81 bits per heavy atom. The van der Waals surface area contributed by atoms with Crippen molar-refractivity contribution in [2.45, 2.75) is 38.3 Å². The van der Waals surface area contributed by atoms with Crippen molar-refractivity contribution in [2.75, 3.05) is 7.11 Å². The van der Waals surface area contributed by atoms with E-state index in [1.54, 1.807) is 7.11 Å². The highest BCUT2D eigenvalue weighted by atomic mass is 79.9. The minimum atomic E-state index is 0.338. The Hall–Kier alpha value is -0.840. The summed E-state index contributed by atoms with van der Waals surface area (Å²) in [5.41, 5.74) is 2.79. The summed E-state index contributed by atoms with van der Waals surface area (Å²) in [4.78, 5) is 1.53. The Balaban J connectivity index is 1.74. The largest absolute Gasteiger partial charge is 0.497 e. The van der Waals surface area contributed by atoms with Crippen molar-refractivity contribution in [3.05, 3.63) is 50.1 Å². The molecule has 0 saturated carbocycles. The lowest BCUT2D eigenvalue weighted by atomic mass is 9.93. The zero-order valence-corrected chi connectivity index (χ0v) is 14.8. The van der Waals surface area contributed by atoms with Crippen LogP contribution in [0.2, 0.25) is 0 Å². The van der Waals surface area contributed by atoms with Crippen LogP contribution in [0.15, 0.2) is 34.1 Å². The average molecular weight is 366 g/mol. The summed E-state index contributed by atoms with van der Waals surface area (Å²) in [7, 11) is 1.70. The summed E-state index contributed by atoms with van der Waals surface area (Å²) >= 11 is 5.51. The summed E-state index contributed by atoms with van der Waals surface area (Å²) < 4.78 is 6.47. The van der Waals surface area contributed by atoms with Gasteiger partial charge in [0.25, 0.3) is 0 Å². The highest BCUT2D eigenvalue weighted by molar-refractivity contribution is 9.11. The summed E-state index contributed by atoms with van der Waals surface area (Å²) in [6.07, 6.45) is 3.71. The predicted octanol–water partition coefficient (Wildman–Crippen LogP) is 5.25. The van der Waals surface area contributed by atoms with Gasteiger partial charge in [0.2, 0.25) is 0 Å². The minimum absolute atomic E-state index is 0.338. The second-order valence-corrected chi connectivity index (χ2v) is 8.05. The van der Waals surface area contributed by atoms with Gasteiger partial charge in [-0.1, -0.05) is 12.1 Å². The third kappa shape index (κ3) is 3.33. The normalized spacial score (nSPS) is 19.1. The van der Waals surface area contributed by atoms with Gasteiger partial charge in [0.05, 0.1) is 10.9 Å². The topological polar surface area (TPSA) is 21.3 Å². The highest BCUT2D eigenvalue weighted by Crippen LogP contribution is 2.39. The summed E-state index contributed by atoms with van der Waals surface area (Å²) in [5, 5.41) is 3.79. The van der Waals surface area contributed by atoms with E-state index >= 15 is 0 Å². The van der Waals surface area contributed by atoms with Gasteiger partial charge in [-0.2, -0.15) is 0 Å². The SMILES string of the molecule is COc1ccc([C@@H](C)NC2CCCc3sc(Br)cc32)cc1. The van der Waals surface area contributed by atoms with Gasteiger partial charge in [0, 0.05) is 17.0 Å². The van der Waals surface area contributed by atoms with E-state index in [0.717, 1.165) is 5.75 Å². The van der Waals surface area contributed by atoms with Gasteiger partial charge in [-0.25, -0.2) is 0 Å². The van der Waals surface area contributed by atoms with Crippen LogP contribution in [0.25, 0.3) is 0 Å². The van der Waals surface area contributed by atoms with Crippen LogP contribution in [0.4, 0.5) is 0 Å². The summed E-state index contributed by atoms with van der Waals surface area (Å²) in [6, 6.07) is 11.4. The number of fused-ring (bicyclic) bond motifs is 1. The number of benzene rings is 1. The molecule has 0 amide bonds. The Bertz CT molecular complexity index is 608. The second kappa shape index (κ2) is 6.51. The molecule has 0 aliphatic heterocycles. The maximum absolute atomic E-state index is 5.22. The average Bonchev–Trinajstić information content (AvgIpc) is 2.88. The van der Waals surface area contributed by atoms with Crippen molar-refractivity contribution in [3.8, 4) is 5.75 Å². The number of hydrogen-bond donors (Lipinski definition) is 1. The maximum Gasteiger partial charge on any atom is 0.118 e. The zero-order valence-electron chi connectivity index (χ0n) is 12.4. The van der Waals surface area contributed by atoms with Gasteiger partial charge >= 0.3 is 0 Å². The van der Waals surface area contributed by atoms with Crippen LogP contribution in [0, 0.1) is 0 Å². The molecule has 0 bridgehead atoms. The first-order valence-electron chi connectivity index (χ1n) is 7.35. The van der Waals surface area contributed by atoms with E-state index in [4.69, 9.17) is 4.74 Å². The molecule has 0 spiro atoms. The van der Waals surface area contributed by atoms with Crippen molar-refractivity contribution < 1.29 is 4.74 Å². The van der Waals surface area contributed by atoms with E-state index in [9.17, 15) is 0 Å². The number of ether oxygens (including phenoxy) is 1. The fourth-order valence-corrected chi connectivity index (χ4v) is 4.80. The number of rotatable bonds is 4. The van der Waals surface area contributed by atoms with E-state index in [-0.39, 0.29) is 0 Å². The van der Waals surface area contributed by atoms with Crippen molar-refractivity contribution >= 4 is 27.3 Å². The predicted molar refractivity (Wildman–Crippen MR) is 92.2 cm³/mol. The van der Waals surface area contributed by atoms with Crippen molar-refractivity contribution in [1.29, 1.82) is 0 Å². The third-order valence-electron chi connectivity index (χ3n) is 4.15. The first-order chi connectivity index (χ1) is 10.2. The van der Waals surface area contributed by atoms with E-state index in [1.165, 1.54) is 39.1 Å². The highest BCUT2D eigenvalue weighted by Gasteiger charge is 2.24. The molecule has 2 atom stereocenters. The molecular formula is C17H20BrNOS. The summed E-state index contributed by atoms with van der Waals surface area (Å²) in [6.45, 7) is 2.23. The van der Waals surface area contributed by atoms with Crippen LogP contribution >= 0.6 is 27.3 Å². The number of halogens is 1. The number of nitrogens with one attached hydrogen (secondary N) is 1. The number of hydrogen-bond acceptors (Lipinski definition) is 3. The fourth-order valence-electron chi connectivity index (χ4n) is 2.99. The van der Waals surface area contributed by atoms with Crippen LogP contribution in [0.3, 0.4) is 0 Å². The van der Waals surface area contributed by atoms with Crippen molar-refractivity contribution in [2.24, 2.45) is 0 Å². The minimum Gasteiger partial charge on any atom is -0.497 e. The monoisotopic (exact) mass is 365 g/mol. The molecule has 1 aromatic carbocycles. The molecule has 2 aromatic rings. The van der Waals surface area contributed by atoms with E-state index < -0.39 is 0 Å². The molecule has 1 aliphatic rings. The van der Waals surface area contributed by atoms with Crippen LogP contribution in [0.1, 0.15) is 47.9 Å². The Labute approximate surface area is 138 Å². The Morgan fingerprint density at radius 1 is 1.33 bits per heavy atom. The molecule has 0 saturated heterocycles. The Kier molecular flexibility index (Phi) is 4.67. The molecule has 1 aromatic heterocycles. The zero-order chi connectivity index (χ0) is 14.8. The smallest absolute Gasteiger partial charge is 0.118 e. The molecule has 0 radical (unpaired) electrons. The number of methoxy groups -OCH3 is 1. The van der Waals surface area contributed by atoms with Gasteiger partial charge < -0.3 is 10.1 Å². The van der Waals surface area contributed by atoms with E-state index in [0.29, 0.717) is 12.1 Å². The molecule has 1 N–H and O–H groups in total. The van der Waals surface area contributed by atoms with Crippen molar-refractivity contribution in [1.82, 2.24) is 5.32 Å². The van der Waals surface area contributed by atoms with E-state index in [1.807, 2.05) is 23.5 Å². The second-order valence-electron chi connectivity index (χ2n) is 5.54. The van der Waals surface area contributed by atoms with Gasteiger partial charge in [-0.15, -0.1) is 11.3 Å². The van der Waals surface area contributed by atoms with Crippen LogP contribution in [-0.4, -0.2) is 7.11 Å². The standard InChI is InChI=1S/C17H20BrNOS/c1-11(12-6-8-13(20-2)9-7-12)19-15-4-3-5-16-14(15)10-17(18)21-16/h6-11,15,19H,3-5H2,1-2H3/t11-,15?/m1/s1. The van der Waals surface area contributed by atoms with Gasteiger partial charge in [0.1, 0.15) is 5.75 Å². The number of aryl methyl sites for hydroxylation is 1. The molecule has 112 valence electrons. The molecule has 1 aliphatic carbocycles. The molecule has 21 heavy (non-hydrogen) atoms. The number of thiophene rings is 1. The molecule has 1 heterocycles. The maximum atomic E-state index is 5.22. The molecular weight excluding hydrogens is 346 g/mol. The lowest BCUT2D eigenvalue weighted by molar-refractivity contribution is 0.410. The summed E-state index contributed by atoms with van der Waals surface area (Å²) in [5.74, 6) is 0.910. The lowest BCUT2D eigenvalue weighted by Gasteiger charge is -2.27. The quantitative estimate of drug-likeness (QED) is 0.798. The molecule has 0 fully saturated rings. The fraction of sp³-hybridized carbons (Fsp3) is 0.412. The molecule has 2 nitrogen and oxygen atoms in total. The first-order valence-corrected chi connectivity index (χ1v) is 8.96.